The minimum Gasteiger partial charge on any atom is -0.371 e. The van der Waals surface area contributed by atoms with E-state index in [2.05, 4.69) is 14.9 Å². The van der Waals surface area contributed by atoms with Gasteiger partial charge in [-0.25, -0.2) is 13.1 Å². The molecule has 1 aliphatic rings. The predicted octanol–water partition coefficient (Wildman–Crippen LogP) is 3.49. The summed E-state index contributed by atoms with van der Waals surface area (Å²) in [7, 11) is -3.49. The summed E-state index contributed by atoms with van der Waals surface area (Å²) in [5, 5.41) is 3.60. The number of halogens is 1. The average molecular weight is 422 g/mol. The molecule has 0 spiro atoms. The molecule has 2 aromatic carbocycles. The molecular formula is C20H24ClN3O3S. The molecule has 3 rings (SSSR count). The van der Waals surface area contributed by atoms with Crippen LogP contribution in [0.4, 0.5) is 11.4 Å². The zero-order chi connectivity index (χ0) is 20.1. The fraction of sp³-hybridized carbons (Fsp3) is 0.350. The fourth-order valence-electron chi connectivity index (χ4n) is 3.31. The van der Waals surface area contributed by atoms with E-state index in [0.717, 1.165) is 31.6 Å². The molecule has 0 aromatic heterocycles. The van der Waals surface area contributed by atoms with Crippen molar-refractivity contribution in [3.8, 4) is 0 Å². The summed E-state index contributed by atoms with van der Waals surface area (Å²) in [6.07, 6.45) is 1.51. The summed E-state index contributed by atoms with van der Waals surface area (Å²) in [5.74, 6) is -0.103. The monoisotopic (exact) mass is 421 g/mol. The third kappa shape index (κ3) is 5.04. The van der Waals surface area contributed by atoms with Crippen molar-refractivity contribution in [3.63, 3.8) is 0 Å². The molecule has 0 radical (unpaired) electrons. The lowest BCUT2D eigenvalue weighted by atomic mass is 9.95. The van der Waals surface area contributed by atoms with E-state index in [0.29, 0.717) is 17.3 Å². The van der Waals surface area contributed by atoms with Crippen LogP contribution in [0.3, 0.4) is 0 Å². The van der Waals surface area contributed by atoms with Crippen molar-refractivity contribution in [2.24, 2.45) is 5.92 Å². The highest BCUT2D eigenvalue weighted by Gasteiger charge is 2.25. The molecule has 1 heterocycles. The van der Waals surface area contributed by atoms with Crippen LogP contribution in [0.5, 0.6) is 0 Å². The molecule has 0 aliphatic carbocycles. The predicted molar refractivity (Wildman–Crippen MR) is 112 cm³/mol. The first kappa shape index (κ1) is 20.6. The summed E-state index contributed by atoms with van der Waals surface area (Å²) in [4.78, 5) is 15.0. The van der Waals surface area contributed by atoms with Gasteiger partial charge in [-0.1, -0.05) is 24.6 Å². The van der Waals surface area contributed by atoms with Gasteiger partial charge in [-0.2, -0.15) is 0 Å². The maximum absolute atomic E-state index is 12.6. The van der Waals surface area contributed by atoms with Gasteiger partial charge in [0.2, 0.25) is 15.9 Å². The lowest BCUT2D eigenvalue weighted by molar-refractivity contribution is -0.120. The Labute approximate surface area is 170 Å². The van der Waals surface area contributed by atoms with Crippen molar-refractivity contribution in [2.75, 3.05) is 29.9 Å². The maximum atomic E-state index is 12.6. The zero-order valence-corrected chi connectivity index (χ0v) is 17.3. The van der Waals surface area contributed by atoms with Crippen LogP contribution in [-0.2, 0) is 14.8 Å². The van der Waals surface area contributed by atoms with E-state index in [1.165, 1.54) is 12.1 Å². The number of anilines is 2. The Morgan fingerprint density at radius 2 is 1.82 bits per heavy atom. The van der Waals surface area contributed by atoms with Crippen molar-refractivity contribution in [1.82, 2.24) is 4.72 Å². The van der Waals surface area contributed by atoms with Crippen LogP contribution >= 0.6 is 11.6 Å². The normalized spacial score (nSPS) is 15.4. The molecule has 0 bridgehead atoms. The Hall–Kier alpha value is -2.09. The Bertz CT molecular complexity index is 924. The van der Waals surface area contributed by atoms with E-state index in [-0.39, 0.29) is 16.7 Å². The van der Waals surface area contributed by atoms with Gasteiger partial charge in [0.15, 0.2) is 0 Å². The number of carbonyl (C=O) groups excluding carboxylic acids is 1. The number of hydrogen-bond donors (Lipinski definition) is 2. The molecule has 0 atom stereocenters. The number of amides is 1. The molecule has 2 aromatic rings. The minimum atomic E-state index is -3.49. The highest BCUT2D eigenvalue weighted by molar-refractivity contribution is 7.89. The fourth-order valence-corrected chi connectivity index (χ4v) is 4.53. The first-order valence-electron chi connectivity index (χ1n) is 9.30. The van der Waals surface area contributed by atoms with E-state index >= 15 is 0 Å². The second-order valence-electron chi connectivity index (χ2n) is 6.76. The Balaban J connectivity index is 1.56. The van der Waals surface area contributed by atoms with Gasteiger partial charge in [-0.15, -0.1) is 0 Å². The maximum Gasteiger partial charge on any atom is 0.240 e. The van der Waals surface area contributed by atoms with Crippen molar-refractivity contribution < 1.29 is 13.2 Å². The third-order valence-electron chi connectivity index (χ3n) is 4.81. The molecule has 150 valence electrons. The van der Waals surface area contributed by atoms with Gasteiger partial charge in [0.1, 0.15) is 0 Å². The Kier molecular flexibility index (Phi) is 6.59. The summed E-state index contributed by atoms with van der Waals surface area (Å²) < 4.78 is 26.4. The number of benzene rings is 2. The second kappa shape index (κ2) is 8.94. The molecule has 0 saturated carbocycles. The number of rotatable bonds is 6. The molecular weight excluding hydrogens is 398 g/mol. The lowest BCUT2D eigenvalue weighted by Crippen LogP contribution is -2.38. The van der Waals surface area contributed by atoms with Crippen molar-refractivity contribution in [1.29, 1.82) is 0 Å². The van der Waals surface area contributed by atoms with Crippen molar-refractivity contribution in [2.45, 2.75) is 24.7 Å². The van der Waals surface area contributed by atoms with Crippen molar-refractivity contribution >= 4 is 38.9 Å². The van der Waals surface area contributed by atoms with Gasteiger partial charge in [-0.05, 0) is 55.3 Å². The van der Waals surface area contributed by atoms with E-state index in [9.17, 15) is 13.2 Å². The highest BCUT2D eigenvalue weighted by atomic mass is 35.5. The Morgan fingerprint density at radius 3 is 2.43 bits per heavy atom. The number of sulfonamides is 1. The van der Waals surface area contributed by atoms with Crippen molar-refractivity contribution in [3.05, 3.63) is 53.6 Å². The number of hydrogen-bond acceptors (Lipinski definition) is 4. The van der Waals surface area contributed by atoms with Gasteiger partial charge in [0.05, 0.1) is 4.90 Å². The van der Waals surface area contributed by atoms with Crippen LogP contribution in [0, 0.1) is 5.92 Å². The molecule has 1 aliphatic heterocycles. The largest absolute Gasteiger partial charge is 0.371 e. The van der Waals surface area contributed by atoms with Gasteiger partial charge < -0.3 is 10.2 Å². The van der Waals surface area contributed by atoms with Crippen LogP contribution < -0.4 is 14.9 Å². The third-order valence-corrected chi connectivity index (χ3v) is 6.60. The highest BCUT2D eigenvalue weighted by Crippen LogP contribution is 2.26. The Morgan fingerprint density at radius 1 is 1.14 bits per heavy atom. The number of carbonyl (C=O) groups is 1. The summed E-state index contributed by atoms with van der Waals surface area (Å²) >= 11 is 6.06. The number of piperidine rings is 1. The lowest BCUT2D eigenvalue weighted by Gasteiger charge is -2.33. The summed E-state index contributed by atoms with van der Waals surface area (Å²) in [6, 6.07) is 14.0. The SMILES string of the molecule is CCNS(=O)(=O)c1ccc(NC(=O)C2CCN(c3cccc(Cl)c3)CC2)cc1. The van der Waals surface area contributed by atoms with E-state index < -0.39 is 10.0 Å². The quantitative estimate of drug-likeness (QED) is 0.748. The molecule has 1 fully saturated rings. The van der Waals surface area contributed by atoms with Crippen LogP contribution in [-0.4, -0.2) is 34.0 Å². The van der Waals surface area contributed by atoms with E-state index in [1.54, 1.807) is 19.1 Å². The molecule has 0 unspecified atom stereocenters. The summed E-state index contributed by atoms with van der Waals surface area (Å²) in [6.45, 7) is 3.63. The zero-order valence-electron chi connectivity index (χ0n) is 15.7. The smallest absolute Gasteiger partial charge is 0.240 e. The molecule has 1 saturated heterocycles. The standard InChI is InChI=1S/C20H24ClN3O3S/c1-2-22-28(26,27)19-8-6-17(7-9-19)23-20(25)15-10-12-24(13-11-15)18-5-3-4-16(21)14-18/h3-9,14-15,22H,2,10-13H2,1H3,(H,23,25). The first-order chi connectivity index (χ1) is 13.4. The van der Waals surface area contributed by atoms with Gasteiger partial charge >= 0.3 is 0 Å². The van der Waals surface area contributed by atoms with Crippen LogP contribution in [0.15, 0.2) is 53.4 Å². The molecule has 28 heavy (non-hydrogen) atoms. The minimum absolute atomic E-state index is 0.0342. The second-order valence-corrected chi connectivity index (χ2v) is 8.96. The van der Waals surface area contributed by atoms with Gasteiger partial charge in [0.25, 0.3) is 0 Å². The van der Waals surface area contributed by atoms with Gasteiger partial charge in [0, 0.05) is 41.9 Å². The molecule has 8 heteroatoms. The molecule has 1 amide bonds. The topological polar surface area (TPSA) is 78.5 Å². The first-order valence-corrected chi connectivity index (χ1v) is 11.2. The molecule has 2 N–H and O–H groups in total. The number of nitrogens with zero attached hydrogens (tertiary/aromatic N) is 1. The average Bonchev–Trinajstić information content (AvgIpc) is 2.68. The van der Waals surface area contributed by atoms with Gasteiger partial charge in [-0.3, -0.25) is 4.79 Å². The van der Waals surface area contributed by atoms with Crippen LogP contribution in [0.2, 0.25) is 5.02 Å². The van der Waals surface area contributed by atoms with E-state index in [4.69, 9.17) is 11.6 Å². The van der Waals surface area contributed by atoms with Crippen LogP contribution in [0.1, 0.15) is 19.8 Å². The molecule has 6 nitrogen and oxygen atoms in total. The number of nitrogens with one attached hydrogen (secondary N) is 2. The van der Waals surface area contributed by atoms with E-state index in [1.807, 2.05) is 24.3 Å². The van der Waals surface area contributed by atoms with Crippen LogP contribution in [0.25, 0.3) is 0 Å². The summed E-state index contributed by atoms with van der Waals surface area (Å²) in [5.41, 5.74) is 1.67.